The van der Waals surface area contributed by atoms with Gasteiger partial charge in [0.2, 0.25) is 0 Å². The second-order valence-corrected chi connectivity index (χ2v) is 6.40. The maximum atomic E-state index is 13.8. The van der Waals surface area contributed by atoms with Crippen LogP contribution in [0.4, 0.5) is 18.9 Å². The van der Waals surface area contributed by atoms with E-state index in [-0.39, 0.29) is 5.75 Å². The quantitative estimate of drug-likeness (QED) is 0.487. The van der Waals surface area contributed by atoms with Crippen LogP contribution in [-0.4, -0.2) is 38.0 Å². The van der Waals surface area contributed by atoms with Crippen molar-refractivity contribution in [1.29, 1.82) is 0 Å². The lowest BCUT2D eigenvalue weighted by Gasteiger charge is -2.19. The van der Waals surface area contributed by atoms with Crippen LogP contribution >= 0.6 is 0 Å². The Morgan fingerprint density at radius 2 is 2.07 bits per heavy atom. The first-order chi connectivity index (χ1) is 14.0. The van der Waals surface area contributed by atoms with Crippen LogP contribution < -0.4 is 10.1 Å². The average molecular weight is 402 g/mol. The van der Waals surface area contributed by atoms with E-state index in [0.29, 0.717) is 11.4 Å². The number of halogens is 3. The molecule has 2 aromatic carbocycles. The van der Waals surface area contributed by atoms with Crippen molar-refractivity contribution in [1.82, 2.24) is 25.0 Å². The van der Waals surface area contributed by atoms with Crippen LogP contribution in [0.25, 0.3) is 16.7 Å². The molecule has 2 aromatic heterocycles. The Labute approximate surface area is 163 Å². The second kappa shape index (κ2) is 7.82. The molecule has 7 nitrogen and oxygen atoms in total. The maximum Gasteiger partial charge on any atom is 0.272 e. The standard InChI is InChI=1S/C19H17F3N6O/c1-11(14-6-12(20)2-5-17(14)29-8-18(21)22)25-13-3-4-16-15(7-13)19(27-26-16)28-10-23-9-24-28/h2-7,9-11,18,25H,8H2,1H3,(H,26,27)/t11-/m0/s1. The van der Waals surface area contributed by atoms with E-state index in [9.17, 15) is 13.2 Å². The van der Waals surface area contributed by atoms with Crippen LogP contribution in [0.1, 0.15) is 18.5 Å². The Hall–Kier alpha value is -3.56. The molecule has 0 aliphatic rings. The molecular formula is C19H17F3N6O. The van der Waals surface area contributed by atoms with Gasteiger partial charge in [-0.2, -0.15) is 10.2 Å². The number of ether oxygens (including phenoxy) is 1. The summed E-state index contributed by atoms with van der Waals surface area (Å²) in [7, 11) is 0. The van der Waals surface area contributed by atoms with Gasteiger partial charge < -0.3 is 10.1 Å². The summed E-state index contributed by atoms with van der Waals surface area (Å²) in [5.41, 5.74) is 1.98. The SMILES string of the molecule is C[C@H](Nc1ccc2[nH]nc(-n3cncn3)c2c1)c1cc(F)ccc1OCC(F)F. The molecule has 0 saturated heterocycles. The monoisotopic (exact) mass is 402 g/mol. The number of hydrogen-bond donors (Lipinski definition) is 2. The Kier molecular flexibility index (Phi) is 5.07. The Morgan fingerprint density at radius 1 is 1.21 bits per heavy atom. The van der Waals surface area contributed by atoms with Gasteiger partial charge in [0.15, 0.2) is 5.82 Å². The highest BCUT2D eigenvalue weighted by Crippen LogP contribution is 2.30. The molecule has 4 rings (SSSR count). The second-order valence-electron chi connectivity index (χ2n) is 6.40. The van der Waals surface area contributed by atoms with Gasteiger partial charge in [0.25, 0.3) is 6.43 Å². The van der Waals surface area contributed by atoms with Crippen LogP contribution in [0, 0.1) is 5.82 Å². The number of anilines is 1. The van der Waals surface area contributed by atoms with E-state index < -0.39 is 24.9 Å². The summed E-state index contributed by atoms with van der Waals surface area (Å²) < 4.78 is 45.5. The zero-order chi connectivity index (χ0) is 20.4. The third-order valence-corrected chi connectivity index (χ3v) is 4.36. The molecule has 4 aromatic rings. The molecule has 0 fully saturated rings. The minimum absolute atomic E-state index is 0.208. The van der Waals surface area contributed by atoms with Gasteiger partial charge in [0.1, 0.15) is 30.8 Å². The van der Waals surface area contributed by atoms with E-state index in [1.165, 1.54) is 35.5 Å². The van der Waals surface area contributed by atoms with E-state index in [0.717, 1.165) is 16.6 Å². The molecule has 0 spiro atoms. The number of hydrogen-bond acceptors (Lipinski definition) is 5. The highest BCUT2D eigenvalue weighted by Gasteiger charge is 2.16. The van der Waals surface area contributed by atoms with Gasteiger partial charge in [-0.25, -0.2) is 22.8 Å². The Balaban J connectivity index is 1.61. The highest BCUT2D eigenvalue weighted by atomic mass is 19.3. The molecule has 1 atom stereocenters. The topological polar surface area (TPSA) is 80.7 Å². The van der Waals surface area contributed by atoms with Gasteiger partial charge in [-0.15, -0.1) is 0 Å². The minimum atomic E-state index is -2.62. The summed E-state index contributed by atoms with van der Waals surface area (Å²) in [6.07, 6.45) is 0.336. The van der Waals surface area contributed by atoms with Crippen molar-refractivity contribution in [3.8, 4) is 11.6 Å². The summed E-state index contributed by atoms with van der Waals surface area (Å²) in [5, 5.41) is 15.3. The van der Waals surface area contributed by atoms with Gasteiger partial charge in [-0.1, -0.05) is 0 Å². The predicted molar refractivity (Wildman–Crippen MR) is 101 cm³/mol. The van der Waals surface area contributed by atoms with Crippen molar-refractivity contribution < 1.29 is 17.9 Å². The average Bonchev–Trinajstić information content (AvgIpc) is 3.36. The summed E-state index contributed by atoms with van der Waals surface area (Å²) in [5.74, 6) is 0.316. The van der Waals surface area contributed by atoms with E-state index in [4.69, 9.17) is 4.74 Å². The summed E-state index contributed by atoms with van der Waals surface area (Å²) in [4.78, 5) is 3.92. The largest absolute Gasteiger partial charge is 0.487 e. The van der Waals surface area contributed by atoms with Crippen LogP contribution in [0.5, 0.6) is 5.75 Å². The smallest absolute Gasteiger partial charge is 0.272 e. The number of aromatic nitrogens is 5. The number of alkyl halides is 2. The molecule has 0 aliphatic heterocycles. The van der Waals surface area contributed by atoms with Crippen molar-refractivity contribution >= 4 is 16.6 Å². The number of nitrogens with one attached hydrogen (secondary N) is 2. The zero-order valence-corrected chi connectivity index (χ0v) is 15.3. The molecule has 0 radical (unpaired) electrons. The molecule has 0 bridgehead atoms. The molecule has 2 N–H and O–H groups in total. The summed E-state index contributed by atoms with van der Waals surface area (Å²) in [6.45, 7) is 1.04. The maximum absolute atomic E-state index is 13.8. The van der Waals surface area contributed by atoms with Crippen LogP contribution in [-0.2, 0) is 0 Å². The number of fused-ring (bicyclic) bond motifs is 1. The molecule has 0 saturated carbocycles. The lowest BCUT2D eigenvalue weighted by atomic mass is 10.1. The van der Waals surface area contributed by atoms with Crippen LogP contribution in [0.3, 0.4) is 0 Å². The molecule has 29 heavy (non-hydrogen) atoms. The lowest BCUT2D eigenvalue weighted by Crippen LogP contribution is -2.12. The van der Waals surface area contributed by atoms with Gasteiger partial charge in [0, 0.05) is 16.6 Å². The molecule has 0 unspecified atom stereocenters. The minimum Gasteiger partial charge on any atom is -0.487 e. The number of rotatable bonds is 7. The fraction of sp³-hybridized carbons (Fsp3) is 0.211. The molecular weight excluding hydrogens is 385 g/mol. The molecule has 150 valence electrons. The third-order valence-electron chi connectivity index (χ3n) is 4.36. The van der Waals surface area contributed by atoms with Crippen LogP contribution in [0.2, 0.25) is 0 Å². The number of nitrogens with zero attached hydrogens (tertiary/aromatic N) is 4. The first-order valence-corrected chi connectivity index (χ1v) is 8.81. The molecule has 0 amide bonds. The third kappa shape index (κ3) is 4.00. The van der Waals surface area contributed by atoms with Crippen molar-refractivity contribution in [2.24, 2.45) is 0 Å². The molecule has 2 heterocycles. The fourth-order valence-corrected chi connectivity index (χ4v) is 3.05. The first kappa shape index (κ1) is 18.8. The number of aromatic amines is 1. The van der Waals surface area contributed by atoms with E-state index in [2.05, 4.69) is 25.6 Å². The molecule has 10 heteroatoms. The lowest BCUT2D eigenvalue weighted by molar-refractivity contribution is 0.0813. The van der Waals surface area contributed by atoms with Crippen molar-refractivity contribution in [2.75, 3.05) is 11.9 Å². The van der Waals surface area contributed by atoms with Crippen molar-refractivity contribution in [3.63, 3.8) is 0 Å². The Morgan fingerprint density at radius 3 is 2.83 bits per heavy atom. The van der Waals surface area contributed by atoms with Gasteiger partial charge >= 0.3 is 0 Å². The Bertz CT molecular complexity index is 1110. The highest BCUT2D eigenvalue weighted by molar-refractivity contribution is 5.88. The van der Waals surface area contributed by atoms with Gasteiger partial charge in [0.05, 0.1) is 11.6 Å². The summed E-state index contributed by atoms with van der Waals surface area (Å²) in [6, 6.07) is 8.95. The van der Waals surface area contributed by atoms with Crippen LogP contribution in [0.15, 0.2) is 49.1 Å². The first-order valence-electron chi connectivity index (χ1n) is 8.81. The van der Waals surface area contributed by atoms with Gasteiger partial charge in [-0.3, -0.25) is 5.10 Å². The van der Waals surface area contributed by atoms with Crippen molar-refractivity contribution in [3.05, 3.63) is 60.4 Å². The predicted octanol–water partition coefficient (Wildman–Crippen LogP) is 4.10. The van der Waals surface area contributed by atoms with Gasteiger partial charge in [-0.05, 0) is 43.3 Å². The van der Waals surface area contributed by atoms with E-state index in [1.54, 1.807) is 6.92 Å². The normalized spacial score (nSPS) is 12.4. The number of benzene rings is 2. The number of H-pyrrole nitrogens is 1. The molecule has 0 aliphatic carbocycles. The van der Waals surface area contributed by atoms with E-state index in [1.807, 2.05) is 18.2 Å². The van der Waals surface area contributed by atoms with Crippen molar-refractivity contribution in [2.45, 2.75) is 19.4 Å². The fourth-order valence-electron chi connectivity index (χ4n) is 3.05. The van der Waals surface area contributed by atoms with E-state index >= 15 is 0 Å². The zero-order valence-electron chi connectivity index (χ0n) is 15.3. The summed E-state index contributed by atoms with van der Waals surface area (Å²) >= 11 is 0.